The van der Waals surface area contributed by atoms with Crippen LogP contribution in [-0.2, 0) is 4.79 Å². The van der Waals surface area contributed by atoms with Crippen LogP contribution in [0.3, 0.4) is 0 Å². The zero-order chi connectivity index (χ0) is 8.10. The number of rotatable bonds is 2. The molecular formula is C8H8ClNO. The fraction of sp³-hybridized carbons (Fsp3) is 0.250. The van der Waals surface area contributed by atoms with Crippen molar-refractivity contribution in [3.05, 3.63) is 23.4 Å². The number of hydrogen-bond donors (Lipinski definition) is 0. The molecule has 11 heavy (non-hydrogen) atoms. The molecule has 3 heteroatoms. The third-order valence-electron chi connectivity index (χ3n) is 1.29. The molecule has 0 amide bonds. The molecule has 0 aliphatic carbocycles. The molecule has 1 aliphatic rings. The van der Waals surface area contributed by atoms with E-state index in [2.05, 4.69) is 4.99 Å². The average Bonchev–Trinajstić information content (AvgIpc) is 2.01. The molecule has 1 heterocycles. The molecule has 0 aromatic rings. The molecule has 0 unspecified atom stereocenters. The van der Waals surface area contributed by atoms with Gasteiger partial charge in [0.2, 0.25) is 0 Å². The van der Waals surface area contributed by atoms with E-state index in [1.54, 1.807) is 18.4 Å². The van der Waals surface area contributed by atoms with Crippen LogP contribution in [0.25, 0.3) is 0 Å². The second kappa shape index (κ2) is 4.09. The molecule has 0 bridgehead atoms. The Balaban J connectivity index is 2.57. The molecule has 0 spiro atoms. The van der Waals surface area contributed by atoms with Crippen molar-refractivity contribution in [2.75, 3.05) is 0 Å². The van der Waals surface area contributed by atoms with Crippen molar-refractivity contribution in [1.82, 2.24) is 0 Å². The largest absolute Gasteiger partial charge is 0.294 e. The van der Waals surface area contributed by atoms with Gasteiger partial charge in [0, 0.05) is 36.4 Å². The van der Waals surface area contributed by atoms with Crippen molar-refractivity contribution < 1.29 is 4.79 Å². The van der Waals surface area contributed by atoms with Gasteiger partial charge in [-0.2, -0.15) is 0 Å². The van der Waals surface area contributed by atoms with Crippen molar-refractivity contribution in [3.8, 4) is 0 Å². The van der Waals surface area contributed by atoms with E-state index in [4.69, 9.17) is 11.6 Å². The van der Waals surface area contributed by atoms with Crippen LogP contribution in [0.4, 0.5) is 0 Å². The van der Waals surface area contributed by atoms with Gasteiger partial charge >= 0.3 is 0 Å². The van der Waals surface area contributed by atoms with E-state index in [1.807, 2.05) is 0 Å². The predicted molar refractivity (Wildman–Crippen MR) is 45.8 cm³/mol. The third kappa shape index (κ3) is 2.68. The van der Waals surface area contributed by atoms with E-state index in [0.29, 0.717) is 12.8 Å². The summed E-state index contributed by atoms with van der Waals surface area (Å²) in [7, 11) is 0. The zero-order valence-corrected chi connectivity index (χ0v) is 6.71. The van der Waals surface area contributed by atoms with Crippen LogP contribution in [0.1, 0.15) is 12.8 Å². The summed E-state index contributed by atoms with van der Waals surface area (Å²) in [6.07, 6.45) is 5.99. The van der Waals surface area contributed by atoms with E-state index in [-0.39, 0.29) is 5.78 Å². The second-order valence-corrected chi connectivity index (χ2v) is 2.44. The van der Waals surface area contributed by atoms with Gasteiger partial charge in [-0.1, -0.05) is 17.7 Å². The molecule has 2 nitrogen and oxygen atoms in total. The predicted octanol–water partition coefficient (Wildman–Crippen LogP) is 2.06. The van der Waals surface area contributed by atoms with Gasteiger partial charge in [0.05, 0.1) is 0 Å². The molecule has 0 saturated heterocycles. The summed E-state index contributed by atoms with van der Waals surface area (Å²) < 4.78 is 0. The lowest BCUT2D eigenvalue weighted by atomic mass is 10.2. The van der Waals surface area contributed by atoms with Crippen LogP contribution >= 0.6 is 11.6 Å². The number of ketones is 1. The molecule has 0 radical (unpaired) electrons. The smallest absolute Gasteiger partial charge is 0.162 e. The minimum Gasteiger partial charge on any atom is -0.294 e. The molecule has 0 aromatic heterocycles. The first-order chi connectivity index (χ1) is 5.33. The van der Waals surface area contributed by atoms with E-state index >= 15 is 0 Å². The Bertz CT molecular complexity index is 240. The summed E-state index contributed by atoms with van der Waals surface area (Å²) in [5.41, 5.74) is 2.20. The summed E-state index contributed by atoms with van der Waals surface area (Å²) in [4.78, 5) is 14.8. The van der Waals surface area contributed by atoms with Crippen molar-refractivity contribution in [2.45, 2.75) is 12.8 Å². The molecule has 0 N–H and O–H groups in total. The van der Waals surface area contributed by atoms with Crippen molar-refractivity contribution in [2.24, 2.45) is 4.99 Å². The number of carbonyl (C=O) groups is 1. The molecular weight excluding hydrogens is 162 g/mol. The molecule has 0 aromatic carbocycles. The zero-order valence-electron chi connectivity index (χ0n) is 5.96. The number of aliphatic imine (C=N–C) groups is 1. The first-order valence-electron chi connectivity index (χ1n) is 3.34. The monoisotopic (exact) mass is 169 g/mol. The Morgan fingerprint density at radius 1 is 1.73 bits per heavy atom. The van der Waals surface area contributed by atoms with E-state index in [0.717, 1.165) is 5.70 Å². The fourth-order valence-corrected chi connectivity index (χ4v) is 0.901. The van der Waals surface area contributed by atoms with Crippen LogP contribution in [0.15, 0.2) is 28.4 Å². The topological polar surface area (TPSA) is 29.4 Å². The highest BCUT2D eigenvalue weighted by atomic mass is 35.5. The molecule has 0 saturated carbocycles. The first kappa shape index (κ1) is 8.21. The number of nitrogens with zero attached hydrogens (tertiary/aromatic N) is 1. The minimum atomic E-state index is 0.109. The summed E-state index contributed by atoms with van der Waals surface area (Å²) in [6, 6.07) is 0. The Labute approximate surface area is 70.3 Å². The van der Waals surface area contributed by atoms with Crippen LogP contribution in [0.5, 0.6) is 0 Å². The van der Waals surface area contributed by atoms with Gasteiger partial charge in [0.15, 0.2) is 5.78 Å². The third-order valence-corrected chi connectivity index (χ3v) is 1.47. The van der Waals surface area contributed by atoms with Gasteiger partial charge in [-0.05, 0) is 0 Å². The molecule has 58 valence electrons. The van der Waals surface area contributed by atoms with Crippen molar-refractivity contribution in [1.29, 1.82) is 0 Å². The Kier molecular flexibility index (Phi) is 3.05. The van der Waals surface area contributed by atoms with Gasteiger partial charge in [0.25, 0.3) is 0 Å². The number of halogens is 1. The summed E-state index contributed by atoms with van der Waals surface area (Å²) in [6.45, 7) is 0. The van der Waals surface area contributed by atoms with E-state index in [9.17, 15) is 4.79 Å². The molecule has 0 atom stereocenters. The summed E-state index contributed by atoms with van der Waals surface area (Å²) in [5.74, 6) is 0.109. The van der Waals surface area contributed by atoms with Crippen LogP contribution < -0.4 is 0 Å². The molecule has 1 rings (SSSR count). The highest BCUT2D eigenvalue weighted by Crippen LogP contribution is 2.08. The summed E-state index contributed by atoms with van der Waals surface area (Å²) >= 11 is 5.31. The average molecular weight is 170 g/mol. The van der Waals surface area contributed by atoms with Crippen LogP contribution in [-0.4, -0.2) is 12.0 Å². The van der Waals surface area contributed by atoms with Crippen molar-refractivity contribution >= 4 is 23.6 Å². The normalized spacial score (nSPS) is 17.5. The maximum Gasteiger partial charge on any atom is 0.162 e. The minimum absolute atomic E-state index is 0.109. The van der Waals surface area contributed by atoms with Crippen molar-refractivity contribution in [3.63, 3.8) is 0 Å². The number of hydrogen-bond acceptors (Lipinski definition) is 2. The maximum absolute atomic E-state index is 10.8. The molecule has 1 aliphatic heterocycles. The van der Waals surface area contributed by atoms with Gasteiger partial charge in [-0.15, -0.1) is 0 Å². The SMILES string of the molecule is O=C1C=C(CC=CCl)N=CC1. The van der Waals surface area contributed by atoms with Gasteiger partial charge in [0.1, 0.15) is 0 Å². The second-order valence-electron chi connectivity index (χ2n) is 2.18. The lowest BCUT2D eigenvalue weighted by Gasteiger charge is -2.00. The van der Waals surface area contributed by atoms with E-state index in [1.165, 1.54) is 5.54 Å². The Morgan fingerprint density at radius 2 is 2.55 bits per heavy atom. The highest BCUT2D eigenvalue weighted by molar-refractivity contribution is 6.25. The Hall–Kier alpha value is -0.890. The first-order valence-corrected chi connectivity index (χ1v) is 3.77. The number of carbonyl (C=O) groups excluding carboxylic acids is 1. The highest BCUT2D eigenvalue weighted by Gasteiger charge is 2.02. The Morgan fingerprint density at radius 3 is 3.18 bits per heavy atom. The van der Waals surface area contributed by atoms with Gasteiger partial charge in [-0.25, -0.2) is 0 Å². The number of allylic oxidation sites excluding steroid dienone is 2. The molecule has 0 fully saturated rings. The quantitative estimate of drug-likeness (QED) is 0.622. The van der Waals surface area contributed by atoms with Gasteiger partial charge in [-0.3, -0.25) is 9.79 Å². The fourth-order valence-electron chi connectivity index (χ4n) is 0.812. The van der Waals surface area contributed by atoms with Crippen LogP contribution in [0.2, 0.25) is 0 Å². The maximum atomic E-state index is 10.8. The summed E-state index contributed by atoms with van der Waals surface area (Å²) in [5, 5.41) is 0. The lowest BCUT2D eigenvalue weighted by Crippen LogP contribution is -2.00. The van der Waals surface area contributed by atoms with Gasteiger partial charge < -0.3 is 0 Å². The lowest BCUT2D eigenvalue weighted by molar-refractivity contribution is -0.113. The van der Waals surface area contributed by atoms with E-state index < -0.39 is 0 Å². The van der Waals surface area contributed by atoms with Crippen LogP contribution in [0, 0.1) is 0 Å². The standard InChI is InChI=1S/C8H8ClNO/c9-4-1-2-7-6-8(11)3-5-10-7/h1,4-6H,2-3H2.